The first-order valence-corrected chi connectivity index (χ1v) is 8.87. The van der Waals surface area contributed by atoms with Crippen LogP contribution in [0.15, 0.2) is 21.5 Å². The maximum atomic E-state index is 12.1. The van der Waals surface area contributed by atoms with Crippen molar-refractivity contribution in [2.24, 2.45) is 0 Å². The van der Waals surface area contributed by atoms with Crippen molar-refractivity contribution < 1.29 is 13.2 Å². The largest absolute Gasteiger partial charge is 0.347 e. The molecule has 104 valence electrons. The standard InChI is InChI=1S/C11H10BrCl2NO3S/c1-11(2-3-11)15-10(16)6-4-9(19(14,17)18)7(12)5-8(6)13/h4-5H,2-3H2,1H3,(H,15,16). The molecule has 4 nitrogen and oxygen atoms in total. The third kappa shape index (κ3) is 3.42. The van der Waals surface area contributed by atoms with E-state index in [9.17, 15) is 13.2 Å². The van der Waals surface area contributed by atoms with Crippen molar-refractivity contribution in [2.75, 3.05) is 0 Å². The molecule has 1 aliphatic rings. The van der Waals surface area contributed by atoms with Crippen LogP contribution >= 0.6 is 38.2 Å². The van der Waals surface area contributed by atoms with Crippen molar-refractivity contribution in [3.8, 4) is 0 Å². The van der Waals surface area contributed by atoms with Gasteiger partial charge in [0, 0.05) is 20.7 Å². The Hall–Kier alpha value is -0.300. The fourth-order valence-corrected chi connectivity index (χ4v) is 4.12. The molecule has 0 saturated heterocycles. The molecule has 0 radical (unpaired) electrons. The Balaban J connectivity index is 2.43. The molecule has 2 rings (SSSR count). The van der Waals surface area contributed by atoms with Gasteiger partial charge in [0.1, 0.15) is 0 Å². The minimum absolute atomic E-state index is 0.0946. The lowest BCUT2D eigenvalue weighted by Gasteiger charge is -2.13. The van der Waals surface area contributed by atoms with Gasteiger partial charge in [-0.3, -0.25) is 4.79 Å². The minimum atomic E-state index is -3.95. The highest BCUT2D eigenvalue weighted by Gasteiger charge is 2.39. The van der Waals surface area contributed by atoms with E-state index in [0.29, 0.717) is 0 Å². The number of halogens is 3. The first-order valence-electron chi connectivity index (χ1n) is 5.39. The molecule has 1 saturated carbocycles. The summed E-state index contributed by atoms with van der Waals surface area (Å²) in [4.78, 5) is 11.9. The van der Waals surface area contributed by atoms with Gasteiger partial charge in [-0.15, -0.1) is 0 Å². The molecule has 0 bridgehead atoms. The Labute approximate surface area is 129 Å². The average Bonchev–Trinajstić information content (AvgIpc) is 2.93. The number of hydrogen-bond donors (Lipinski definition) is 1. The lowest BCUT2D eigenvalue weighted by atomic mass is 10.2. The van der Waals surface area contributed by atoms with Crippen LogP contribution in [0.4, 0.5) is 0 Å². The van der Waals surface area contributed by atoms with Crippen LogP contribution in [0.5, 0.6) is 0 Å². The maximum absolute atomic E-state index is 12.1. The first-order chi connectivity index (χ1) is 8.62. The zero-order valence-electron chi connectivity index (χ0n) is 9.84. The Kier molecular flexibility index (Phi) is 3.90. The van der Waals surface area contributed by atoms with E-state index in [-0.39, 0.29) is 25.5 Å². The summed E-state index contributed by atoms with van der Waals surface area (Å²) in [5, 5.41) is 2.97. The molecule has 0 spiro atoms. The highest BCUT2D eigenvalue weighted by Crippen LogP contribution is 2.36. The van der Waals surface area contributed by atoms with Crippen molar-refractivity contribution in [2.45, 2.75) is 30.2 Å². The summed E-state index contributed by atoms with van der Waals surface area (Å²) < 4.78 is 23.0. The molecule has 1 aliphatic carbocycles. The van der Waals surface area contributed by atoms with Crippen molar-refractivity contribution in [1.29, 1.82) is 0 Å². The van der Waals surface area contributed by atoms with Gasteiger partial charge in [-0.05, 0) is 47.8 Å². The SMILES string of the molecule is CC1(NC(=O)c2cc(S(=O)(=O)Cl)c(Br)cc2Cl)CC1. The van der Waals surface area contributed by atoms with Crippen LogP contribution in [0.25, 0.3) is 0 Å². The zero-order chi connectivity index (χ0) is 14.4. The van der Waals surface area contributed by atoms with E-state index in [1.54, 1.807) is 0 Å². The van der Waals surface area contributed by atoms with Crippen molar-refractivity contribution in [1.82, 2.24) is 5.32 Å². The van der Waals surface area contributed by atoms with Crippen molar-refractivity contribution in [3.63, 3.8) is 0 Å². The van der Waals surface area contributed by atoms with Gasteiger partial charge < -0.3 is 5.32 Å². The normalized spacial score (nSPS) is 17.1. The topological polar surface area (TPSA) is 63.2 Å². The van der Waals surface area contributed by atoms with Crippen LogP contribution in [0.3, 0.4) is 0 Å². The second kappa shape index (κ2) is 4.91. The summed E-state index contributed by atoms with van der Waals surface area (Å²) in [5.74, 6) is -0.404. The number of hydrogen-bond acceptors (Lipinski definition) is 3. The maximum Gasteiger partial charge on any atom is 0.262 e. The summed E-state index contributed by atoms with van der Waals surface area (Å²) in [6, 6.07) is 2.52. The van der Waals surface area contributed by atoms with E-state index in [4.69, 9.17) is 22.3 Å². The molecule has 0 atom stereocenters. The molecule has 1 aromatic rings. The number of amides is 1. The third-order valence-electron chi connectivity index (χ3n) is 2.94. The highest BCUT2D eigenvalue weighted by atomic mass is 79.9. The number of rotatable bonds is 3. The van der Waals surface area contributed by atoms with Gasteiger partial charge in [0.2, 0.25) is 0 Å². The van der Waals surface area contributed by atoms with Gasteiger partial charge in [-0.25, -0.2) is 8.42 Å². The molecule has 0 heterocycles. The predicted molar refractivity (Wildman–Crippen MR) is 77.3 cm³/mol. The van der Waals surface area contributed by atoms with Crippen LogP contribution in [0.1, 0.15) is 30.1 Å². The summed E-state index contributed by atoms with van der Waals surface area (Å²) in [6.45, 7) is 1.91. The molecule has 0 aliphatic heterocycles. The Bertz CT molecular complexity index is 656. The first kappa shape index (κ1) is 15.1. The van der Waals surface area contributed by atoms with Gasteiger partial charge >= 0.3 is 0 Å². The van der Waals surface area contributed by atoms with Crippen molar-refractivity contribution in [3.05, 3.63) is 27.2 Å². The summed E-state index contributed by atoms with van der Waals surface area (Å²) >= 11 is 9.03. The predicted octanol–water partition coefficient (Wildman–Crippen LogP) is 3.31. The van der Waals surface area contributed by atoms with Gasteiger partial charge in [0.15, 0.2) is 0 Å². The number of carbonyl (C=O) groups excluding carboxylic acids is 1. The average molecular weight is 387 g/mol. The van der Waals surface area contributed by atoms with Crippen LogP contribution in [-0.2, 0) is 9.05 Å². The van der Waals surface area contributed by atoms with E-state index < -0.39 is 15.0 Å². The van der Waals surface area contributed by atoms with Crippen LogP contribution in [-0.4, -0.2) is 19.9 Å². The van der Waals surface area contributed by atoms with Gasteiger partial charge in [-0.2, -0.15) is 0 Å². The zero-order valence-corrected chi connectivity index (χ0v) is 13.8. The van der Waals surface area contributed by atoms with E-state index >= 15 is 0 Å². The Morgan fingerprint density at radius 2 is 2.00 bits per heavy atom. The van der Waals surface area contributed by atoms with Gasteiger partial charge in [-0.1, -0.05) is 11.6 Å². The second-order valence-corrected chi connectivity index (χ2v) is 8.51. The molecule has 0 unspecified atom stereocenters. The quantitative estimate of drug-likeness (QED) is 0.810. The van der Waals surface area contributed by atoms with Gasteiger partial charge in [0.25, 0.3) is 15.0 Å². The molecule has 1 amide bonds. The Morgan fingerprint density at radius 1 is 1.42 bits per heavy atom. The van der Waals surface area contributed by atoms with Gasteiger partial charge in [0.05, 0.1) is 15.5 Å². The summed E-state index contributed by atoms with van der Waals surface area (Å²) in [6.07, 6.45) is 1.79. The second-order valence-electron chi connectivity index (χ2n) is 4.72. The lowest BCUT2D eigenvalue weighted by Crippen LogP contribution is -2.34. The fraction of sp³-hybridized carbons (Fsp3) is 0.364. The number of carbonyl (C=O) groups is 1. The lowest BCUT2D eigenvalue weighted by molar-refractivity contribution is 0.0935. The van der Waals surface area contributed by atoms with E-state index in [1.165, 1.54) is 12.1 Å². The van der Waals surface area contributed by atoms with Crippen molar-refractivity contribution >= 4 is 53.2 Å². The third-order valence-corrected chi connectivity index (χ3v) is 5.54. The van der Waals surface area contributed by atoms with E-state index in [0.717, 1.165) is 12.8 Å². The molecular formula is C11H10BrCl2NO3S. The number of benzene rings is 1. The molecule has 1 fully saturated rings. The number of nitrogens with one attached hydrogen (secondary N) is 1. The smallest absolute Gasteiger partial charge is 0.262 e. The van der Waals surface area contributed by atoms with Crippen LogP contribution < -0.4 is 5.32 Å². The molecule has 0 aromatic heterocycles. The summed E-state index contributed by atoms with van der Waals surface area (Å²) in [7, 11) is 1.36. The van der Waals surface area contributed by atoms with Crippen LogP contribution in [0, 0.1) is 0 Å². The highest BCUT2D eigenvalue weighted by molar-refractivity contribution is 9.10. The van der Waals surface area contributed by atoms with E-state index in [2.05, 4.69) is 21.2 Å². The monoisotopic (exact) mass is 385 g/mol. The minimum Gasteiger partial charge on any atom is -0.347 e. The fourth-order valence-electron chi connectivity index (χ4n) is 1.54. The molecule has 1 N–H and O–H groups in total. The molecule has 1 aromatic carbocycles. The molecular weight excluding hydrogens is 377 g/mol. The summed E-state index contributed by atoms with van der Waals surface area (Å²) in [5.41, 5.74) is -0.120. The van der Waals surface area contributed by atoms with Crippen LogP contribution in [0.2, 0.25) is 5.02 Å². The molecule has 8 heteroatoms. The van der Waals surface area contributed by atoms with E-state index in [1.807, 2.05) is 6.92 Å². The Morgan fingerprint density at radius 3 is 2.47 bits per heavy atom. The molecule has 19 heavy (non-hydrogen) atoms.